The van der Waals surface area contributed by atoms with E-state index in [1.54, 1.807) is 11.8 Å². The number of rotatable bonds is 7. The number of nitriles is 1. The van der Waals surface area contributed by atoms with Crippen molar-refractivity contribution in [3.8, 4) is 6.07 Å². The Kier molecular flexibility index (Phi) is 6.13. The summed E-state index contributed by atoms with van der Waals surface area (Å²) in [7, 11) is -4.22. The number of thioether (sulfide) groups is 1. The Bertz CT molecular complexity index is 649. The molecule has 1 N–H and O–H groups in total. The van der Waals surface area contributed by atoms with Crippen molar-refractivity contribution < 1.29 is 21.6 Å². The highest BCUT2D eigenvalue weighted by Gasteiger charge is 2.50. The molecule has 0 aliphatic carbocycles. The zero-order valence-electron chi connectivity index (χ0n) is 11.9. The Morgan fingerprint density at radius 3 is 2.59 bits per heavy atom. The highest BCUT2D eigenvalue weighted by molar-refractivity contribution is 7.99. The van der Waals surface area contributed by atoms with Crippen LogP contribution in [0.5, 0.6) is 0 Å². The number of aromatic nitrogens is 2. The topological polar surface area (TPSA) is 89.8 Å². The number of alkyl halides is 3. The molecule has 1 aromatic rings. The molecule has 0 radical (unpaired) electrons. The van der Waals surface area contributed by atoms with Crippen molar-refractivity contribution in [3.63, 3.8) is 0 Å². The van der Waals surface area contributed by atoms with E-state index in [-0.39, 0.29) is 0 Å². The van der Waals surface area contributed by atoms with Crippen LogP contribution in [0.4, 0.5) is 19.0 Å². The second-order valence-electron chi connectivity index (χ2n) is 4.28. The van der Waals surface area contributed by atoms with Crippen LogP contribution in [-0.4, -0.2) is 49.2 Å². The maximum Gasteiger partial charge on any atom is 0.502 e. The molecule has 0 spiro atoms. The van der Waals surface area contributed by atoms with Gasteiger partial charge in [0, 0.05) is 13.6 Å². The van der Waals surface area contributed by atoms with Crippen LogP contribution in [0.15, 0.2) is 4.90 Å². The molecule has 11 heteroatoms. The first-order chi connectivity index (χ1) is 10.2. The van der Waals surface area contributed by atoms with Crippen molar-refractivity contribution in [2.45, 2.75) is 23.7 Å². The summed E-state index contributed by atoms with van der Waals surface area (Å²) in [5.74, 6) is 1.31. The SMILES string of the molecule is CCSCCCN(C)c1n[nH]c(C#N)c1S(=O)(=O)C(F)(F)F. The largest absolute Gasteiger partial charge is 0.502 e. The third-order valence-corrected chi connectivity index (χ3v) is 5.26. The van der Waals surface area contributed by atoms with Gasteiger partial charge in [0.2, 0.25) is 0 Å². The van der Waals surface area contributed by atoms with Gasteiger partial charge in [0.25, 0.3) is 9.84 Å². The minimum absolute atomic E-state index is 0.323. The molecule has 0 aliphatic heterocycles. The molecule has 1 aromatic heterocycles. The predicted octanol–water partition coefficient (Wildman–Crippen LogP) is 2.15. The summed E-state index contributed by atoms with van der Waals surface area (Å²) in [5.41, 5.74) is -6.21. The Balaban J connectivity index is 3.14. The van der Waals surface area contributed by atoms with Gasteiger partial charge in [-0.3, -0.25) is 5.10 Å². The zero-order chi connectivity index (χ0) is 17.0. The maximum absolute atomic E-state index is 12.7. The van der Waals surface area contributed by atoms with Gasteiger partial charge in [0.05, 0.1) is 0 Å². The summed E-state index contributed by atoms with van der Waals surface area (Å²) >= 11 is 1.66. The zero-order valence-corrected chi connectivity index (χ0v) is 13.6. The highest BCUT2D eigenvalue weighted by Crippen LogP contribution is 2.36. The van der Waals surface area contributed by atoms with Crippen molar-refractivity contribution in [2.75, 3.05) is 30.0 Å². The quantitative estimate of drug-likeness (QED) is 0.753. The van der Waals surface area contributed by atoms with Gasteiger partial charge in [-0.25, -0.2) is 8.42 Å². The lowest BCUT2D eigenvalue weighted by Crippen LogP contribution is -2.27. The Labute approximate surface area is 130 Å². The number of aromatic amines is 1. The van der Waals surface area contributed by atoms with Crippen LogP contribution in [-0.2, 0) is 9.84 Å². The molecule has 1 heterocycles. The summed E-state index contributed by atoms with van der Waals surface area (Å²) in [4.78, 5) is 0.180. The van der Waals surface area contributed by atoms with Gasteiger partial charge >= 0.3 is 5.51 Å². The molecule has 0 fully saturated rings. The van der Waals surface area contributed by atoms with E-state index in [4.69, 9.17) is 5.26 Å². The second kappa shape index (κ2) is 7.23. The van der Waals surface area contributed by atoms with Gasteiger partial charge in [-0.1, -0.05) is 6.92 Å². The number of hydrogen-bond donors (Lipinski definition) is 1. The van der Waals surface area contributed by atoms with Crippen LogP contribution in [0.25, 0.3) is 0 Å². The van der Waals surface area contributed by atoms with Crippen molar-refractivity contribution in [1.29, 1.82) is 5.26 Å². The summed E-state index contributed by atoms with van der Waals surface area (Å²) in [5, 5.41) is 14.4. The number of anilines is 1. The molecule has 0 unspecified atom stereocenters. The first kappa shape index (κ1) is 18.6. The fourth-order valence-corrected chi connectivity index (χ4v) is 3.34. The molecule has 124 valence electrons. The molecule has 0 aliphatic rings. The third kappa shape index (κ3) is 3.86. The monoisotopic (exact) mass is 356 g/mol. The van der Waals surface area contributed by atoms with Crippen LogP contribution in [0.1, 0.15) is 19.0 Å². The maximum atomic E-state index is 12.7. The molecule has 0 amide bonds. The van der Waals surface area contributed by atoms with Gasteiger partial charge in [-0.2, -0.15) is 35.3 Å². The van der Waals surface area contributed by atoms with Crippen LogP contribution in [0, 0.1) is 11.3 Å². The van der Waals surface area contributed by atoms with Crippen LogP contribution in [0.3, 0.4) is 0 Å². The first-order valence-electron chi connectivity index (χ1n) is 6.25. The third-order valence-electron chi connectivity index (χ3n) is 2.74. The molecule has 0 aromatic carbocycles. The van der Waals surface area contributed by atoms with Crippen LogP contribution >= 0.6 is 11.8 Å². The van der Waals surface area contributed by atoms with Gasteiger partial charge in [0.15, 0.2) is 16.4 Å². The standard InChI is InChI=1S/C11H15F3N4O2S2/c1-3-21-6-4-5-18(2)10-9(8(7-15)16-17-10)22(19,20)11(12,13)14/h3-6H2,1-2H3,(H,16,17). The summed E-state index contributed by atoms with van der Waals surface area (Å²) in [6.07, 6.45) is 0.648. The molecular weight excluding hydrogens is 341 g/mol. The summed E-state index contributed by atoms with van der Waals surface area (Å²) < 4.78 is 61.5. The number of nitrogens with zero attached hydrogens (tertiary/aromatic N) is 3. The Morgan fingerprint density at radius 1 is 1.45 bits per heavy atom. The average molecular weight is 356 g/mol. The molecule has 0 bridgehead atoms. The number of H-pyrrole nitrogens is 1. The fourth-order valence-electron chi connectivity index (χ4n) is 1.68. The van der Waals surface area contributed by atoms with Crippen LogP contribution < -0.4 is 4.90 Å². The van der Waals surface area contributed by atoms with E-state index in [0.717, 1.165) is 11.5 Å². The second-order valence-corrected chi connectivity index (χ2v) is 7.56. The molecule has 22 heavy (non-hydrogen) atoms. The number of hydrogen-bond acceptors (Lipinski definition) is 6. The van der Waals surface area contributed by atoms with Crippen molar-refractivity contribution in [1.82, 2.24) is 10.2 Å². The molecule has 0 saturated heterocycles. The molecule has 1 rings (SSSR count). The molecule has 0 atom stereocenters. The van der Waals surface area contributed by atoms with E-state index < -0.39 is 31.8 Å². The van der Waals surface area contributed by atoms with E-state index in [1.165, 1.54) is 18.0 Å². The predicted molar refractivity (Wildman–Crippen MR) is 77.4 cm³/mol. The van der Waals surface area contributed by atoms with Gasteiger partial charge in [-0.15, -0.1) is 0 Å². The number of halogens is 3. The smallest absolute Gasteiger partial charge is 0.357 e. The van der Waals surface area contributed by atoms with E-state index >= 15 is 0 Å². The van der Waals surface area contributed by atoms with E-state index in [9.17, 15) is 21.6 Å². The van der Waals surface area contributed by atoms with Crippen molar-refractivity contribution in [2.24, 2.45) is 0 Å². The normalized spacial score (nSPS) is 12.2. The number of sulfone groups is 1. The minimum atomic E-state index is -5.65. The highest BCUT2D eigenvalue weighted by atomic mass is 32.2. The lowest BCUT2D eigenvalue weighted by molar-refractivity contribution is -0.0435. The Morgan fingerprint density at radius 2 is 2.09 bits per heavy atom. The van der Waals surface area contributed by atoms with E-state index in [1.807, 2.05) is 12.0 Å². The lowest BCUT2D eigenvalue weighted by atomic mass is 10.4. The van der Waals surface area contributed by atoms with Gasteiger partial charge in [-0.05, 0) is 17.9 Å². The minimum Gasteiger partial charge on any atom is -0.357 e. The van der Waals surface area contributed by atoms with Crippen molar-refractivity contribution >= 4 is 27.4 Å². The summed E-state index contributed by atoms with van der Waals surface area (Å²) in [6, 6.07) is 1.40. The van der Waals surface area contributed by atoms with E-state index in [0.29, 0.717) is 13.0 Å². The average Bonchev–Trinajstić information content (AvgIpc) is 2.86. The molecular formula is C11H15F3N4O2S2. The fraction of sp³-hybridized carbons (Fsp3) is 0.636. The Hall–Kier alpha value is -1.41. The first-order valence-corrected chi connectivity index (χ1v) is 8.89. The van der Waals surface area contributed by atoms with Crippen molar-refractivity contribution in [3.05, 3.63) is 5.69 Å². The van der Waals surface area contributed by atoms with Gasteiger partial charge < -0.3 is 4.90 Å². The van der Waals surface area contributed by atoms with Gasteiger partial charge in [0.1, 0.15) is 6.07 Å². The lowest BCUT2D eigenvalue weighted by Gasteiger charge is -2.18. The van der Waals surface area contributed by atoms with Crippen LogP contribution in [0.2, 0.25) is 0 Å². The number of nitrogens with one attached hydrogen (secondary N) is 1. The molecule has 0 saturated carbocycles. The van der Waals surface area contributed by atoms with E-state index in [2.05, 4.69) is 5.10 Å². The molecule has 6 nitrogen and oxygen atoms in total. The summed E-state index contributed by atoms with van der Waals surface area (Å²) in [6.45, 7) is 2.30.